The number of carboxylic acid groups (broad SMARTS) is 1. The molecule has 1 aromatic heterocycles. The van der Waals surface area contributed by atoms with Crippen LogP contribution in [0.25, 0.3) is 16.8 Å². The Balaban J connectivity index is 1.46. The zero-order chi connectivity index (χ0) is 23.8. The molecular weight excluding hydrogens is 432 g/mol. The van der Waals surface area contributed by atoms with E-state index in [-0.39, 0.29) is 28.2 Å². The molecule has 0 saturated heterocycles. The van der Waals surface area contributed by atoms with Crippen LogP contribution >= 0.6 is 0 Å². The molecule has 3 aromatic carbocycles. The smallest absolute Gasteiger partial charge is 0.335 e. The van der Waals surface area contributed by atoms with Crippen molar-refractivity contribution in [3.63, 3.8) is 0 Å². The van der Waals surface area contributed by atoms with Crippen molar-refractivity contribution in [2.45, 2.75) is 26.2 Å². The SMILES string of the molecule is Cc1[nH]n(-c2ccc3c(c2)CCC3)c(=O)c1N=Nc1cccc(-c2ccc(C(=O)O)cc2)c1O. The Hall–Kier alpha value is -4.46. The van der Waals surface area contributed by atoms with Gasteiger partial charge >= 0.3 is 5.97 Å². The third kappa shape index (κ3) is 3.79. The van der Waals surface area contributed by atoms with Crippen molar-refractivity contribution in [1.82, 2.24) is 9.78 Å². The molecule has 1 aliphatic rings. The number of rotatable bonds is 5. The number of nitrogens with one attached hydrogen (secondary N) is 1. The highest BCUT2D eigenvalue weighted by Gasteiger charge is 2.16. The molecule has 0 fully saturated rings. The van der Waals surface area contributed by atoms with Crippen LogP contribution in [-0.2, 0) is 12.8 Å². The molecule has 0 amide bonds. The highest BCUT2D eigenvalue weighted by atomic mass is 16.4. The second-order valence-electron chi connectivity index (χ2n) is 8.29. The van der Waals surface area contributed by atoms with Crippen molar-refractivity contribution in [1.29, 1.82) is 0 Å². The summed E-state index contributed by atoms with van der Waals surface area (Å²) in [4.78, 5) is 24.1. The van der Waals surface area contributed by atoms with Crippen LogP contribution in [-0.4, -0.2) is 26.0 Å². The molecule has 1 heterocycles. The molecule has 0 spiro atoms. The fourth-order valence-electron chi connectivity index (χ4n) is 4.28. The number of nitrogens with zero attached hydrogens (tertiary/aromatic N) is 3. The normalized spacial score (nSPS) is 12.9. The topological polar surface area (TPSA) is 120 Å². The van der Waals surface area contributed by atoms with E-state index in [0.717, 1.165) is 24.9 Å². The lowest BCUT2D eigenvalue weighted by Crippen LogP contribution is -2.14. The number of benzene rings is 3. The number of aromatic carboxylic acids is 1. The minimum atomic E-state index is -1.02. The quantitative estimate of drug-likeness (QED) is 0.347. The lowest BCUT2D eigenvalue weighted by atomic mass is 10.0. The van der Waals surface area contributed by atoms with E-state index in [0.29, 0.717) is 16.8 Å². The predicted octanol–water partition coefficient (Wildman–Crippen LogP) is 5.45. The number of para-hydroxylation sites is 1. The number of carbonyl (C=O) groups is 1. The largest absolute Gasteiger partial charge is 0.505 e. The number of aromatic nitrogens is 2. The number of azo groups is 1. The summed E-state index contributed by atoms with van der Waals surface area (Å²) in [6.45, 7) is 1.75. The maximum Gasteiger partial charge on any atom is 0.335 e. The first-order chi connectivity index (χ1) is 16.4. The number of aromatic amines is 1. The minimum absolute atomic E-state index is 0.110. The van der Waals surface area contributed by atoms with E-state index in [1.165, 1.54) is 27.9 Å². The van der Waals surface area contributed by atoms with Crippen LogP contribution in [0.2, 0.25) is 0 Å². The van der Waals surface area contributed by atoms with Crippen LogP contribution in [0.4, 0.5) is 11.4 Å². The van der Waals surface area contributed by atoms with E-state index >= 15 is 0 Å². The van der Waals surface area contributed by atoms with Crippen LogP contribution < -0.4 is 5.56 Å². The van der Waals surface area contributed by atoms with Crippen LogP contribution in [0.1, 0.15) is 33.6 Å². The minimum Gasteiger partial charge on any atom is -0.505 e. The molecule has 0 atom stereocenters. The van der Waals surface area contributed by atoms with Crippen molar-refractivity contribution in [2.75, 3.05) is 0 Å². The van der Waals surface area contributed by atoms with Crippen molar-refractivity contribution in [3.8, 4) is 22.6 Å². The van der Waals surface area contributed by atoms with Gasteiger partial charge < -0.3 is 10.2 Å². The van der Waals surface area contributed by atoms with E-state index in [4.69, 9.17) is 5.11 Å². The number of aromatic hydroxyl groups is 1. The zero-order valence-electron chi connectivity index (χ0n) is 18.4. The zero-order valence-corrected chi connectivity index (χ0v) is 18.4. The molecule has 0 radical (unpaired) electrons. The van der Waals surface area contributed by atoms with Gasteiger partial charge in [0.1, 0.15) is 5.69 Å². The third-order valence-electron chi connectivity index (χ3n) is 6.10. The number of phenolic OH excluding ortho intramolecular Hbond substituents is 1. The van der Waals surface area contributed by atoms with Crippen LogP contribution in [0.5, 0.6) is 5.75 Å². The van der Waals surface area contributed by atoms with Gasteiger partial charge in [0, 0.05) is 5.56 Å². The molecule has 170 valence electrons. The average molecular weight is 454 g/mol. The molecule has 0 aliphatic heterocycles. The van der Waals surface area contributed by atoms with Crippen LogP contribution in [0.15, 0.2) is 75.7 Å². The van der Waals surface area contributed by atoms with Gasteiger partial charge in [0.25, 0.3) is 5.56 Å². The second kappa shape index (κ2) is 8.47. The third-order valence-corrected chi connectivity index (χ3v) is 6.10. The second-order valence-corrected chi connectivity index (χ2v) is 8.29. The number of aryl methyl sites for hydroxylation is 3. The van der Waals surface area contributed by atoms with Gasteiger partial charge in [-0.05, 0) is 73.2 Å². The maximum absolute atomic E-state index is 13.0. The van der Waals surface area contributed by atoms with E-state index in [1.54, 1.807) is 37.3 Å². The summed E-state index contributed by atoms with van der Waals surface area (Å²) >= 11 is 0. The van der Waals surface area contributed by atoms with Crippen molar-refractivity contribution < 1.29 is 15.0 Å². The first-order valence-corrected chi connectivity index (χ1v) is 10.9. The molecule has 4 aromatic rings. The maximum atomic E-state index is 13.0. The Morgan fingerprint density at radius 3 is 2.53 bits per heavy atom. The number of fused-ring (bicyclic) bond motifs is 1. The standard InChI is InChI=1S/C26H22N4O4/c1-15-23(25(32)30(29-15)20-13-12-16-4-2-5-19(16)14-20)28-27-22-7-3-6-21(24(22)31)17-8-10-18(11-9-17)26(33)34/h3,6-14,29,31H,2,4-5H2,1H3,(H,33,34). The Kier molecular flexibility index (Phi) is 5.33. The van der Waals surface area contributed by atoms with E-state index in [9.17, 15) is 14.7 Å². The molecule has 34 heavy (non-hydrogen) atoms. The van der Waals surface area contributed by atoms with Gasteiger partial charge in [0.05, 0.1) is 16.9 Å². The molecule has 1 aliphatic carbocycles. The van der Waals surface area contributed by atoms with Crippen molar-refractivity contribution in [3.05, 3.63) is 93.4 Å². The molecule has 0 bridgehead atoms. The monoisotopic (exact) mass is 454 g/mol. The lowest BCUT2D eigenvalue weighted by Gasteiger charge is -2.07. The first kappa shape index (κ1) is 21.4. The van der Waals surface area contributed by atoms with Gasteiger partial charge in [-0.25, -0.2) is 9.48 Å². The summed E-state index contributed by atoms with van der Waals surface area (Å²) in [6.07, 6.45) is 3.21. The Labute approximate surface area is 194 Å². The Bertz CT molecular complexity index is 1500. The summed E-state index contributed by atoms with van der Waals surface area (Å²) in [5.41, 5.74) is 5.22. The Morgan fingerprint density at radius 2 is 1.76 bits per heavy atom. The van der Waals surface area contributed by atoms with Gasteiger partial charge in [-0.2, -0.15) is 0 Å². The number of phenols is 1. The van der Waals surface area contributed by atoms with Gasteiger partial charge in [-0.1, -0.05) is 30.3 Å². The van der Waals surface area contributed by atoms with Gasteiger partial charge in [0.15, 0.2) is 11.4 Å². The van der Waals surface area contributed by atoms with Crippen LogP contribution in [0.3, 0.4) is 0 Å². The van der Waals surface area contributed by atoms with E-state index < -0.39 is 5.97 Å². The lowest BCUT2D eigenvalue weighted by molar-refractivity contribution is 0.0697. The average Bonchev–Trinajstić information content (AvgIpc) is 3.42. The molecule has 3 N–H and O–H groups in total. The fraction of sp³-hybridized carbons (Fsp3) is 0.154. The fourth-order valence-corrected chi connectivity index (χ4v) is 4.28. The number of H-pyrrole nitrogens is 1. The molecule has 5 rings (SSSR count). The van der Waals surface area contributed by atoms with Gasteiger partial charge in [-0.3, -0.25) is 9.89 Å². The molecular formula is C26H22N4O4. The summed E-state index contributed by atoms with van der Waals surface area (Å²) in [5.74, 6) is -1.13. The summed E-state index contributed by atoms with van der Waals surface area (Å²) in [7, 11) is 0. The molecule has 0 saturated carbocycles. The first-order valence-electron chi connectivity index (χ1n) is 10.9. The summed E-state index contributed by atoms with van der Waals surface area (Å²) < 4.78 is 1.46. The highest BCUT2D eigenvalue weighted by Crippen LogP contribution is 2.38. The van der Waals surface area contributed by atoms with E-state index in [2.05, 4.69) is 21.4 Å². The number of hydrogen-bond acceptors (Lipinski definition) is 5. The highest BCUT2D eigenvalue weighted by molar-refractivity contribution is 5.88. The van der Waals surface area contributed by atoms with Crippen molar-refractivity contribution in [2.24, 2.45) is 10.2 Å². The molecule has 0 unspecified atom stereocenters. The molecule has 8 nitrogen and oxygen atoms in total. The number of hydrogen-bond donors (Lipinski definition) is 3. The summed E-state index contributed by atoms with van der Waals surface area (Å²) in [5, 5.41) is 31.2. The number of carboxylic acids is 1. The predicted molar refractivity (Wildman–Crippen MR) is 128 cm³/mol. The van der Waals surface area contributed by atoms with Crippen molar-refractivity contribution >= 4 is 17.3 Å². The summed E-state index contributed by atoms with van der Waals surface area (Å²) in [6, 6.07) is 17.2. The van der Waals surface area contributed by atoms with E-state index in [1.807, 2.05) is 12.1 Å². The van der Waals surface area contributed by atoms with Crippen LogP contribution in [0, 0.1) is 6.92 Å². The Morgan fingerprint density at radius 1 is 1.00 bits per heavy atom. The van der Waals surface area contributed by atoms with Gasteiger partial charge in [0.2, 0.25) is 0 Å². The van der Waals surface area contributed by atoms with Gasteiger partial charge in [-0.15, -0.1) is 10.2 Å². The molecule has 8 heteroatoms.